The van der Waals surface area contributed by atoms with Crippen molar-refractivity contribution in [2.75, 3.05) is 11.9 Å². The fraction of sp³-hybridized carbons (Fsp3) is 0.455. The van der Waals surface area contributed by atoms with Crippen molar-refractivity contribution in [3.63, 3.8) is 0 Å². The highest BCUT2D eigenvalue weighted by atomic mass is 79.9. The van der Waals surface area contributed by atoms with Gasteiger partial charge in [-0.3, -0.25) is 9.59 Å². The zero-order valence-corrected chi connectivity index (χ0v) is 11.7. The van der Waals surface area contributed by atoms with E-state index in [4.69, 9.17) is 0 Å². The molecule has 6 heteroatoms. The summed E-state index contributed by atoms with van der Waals surface area (Å²) in [6, 6.07) is 1.82. The number of carbonyl (C=O) groups excluding carboxylic acids is 1. The van der Waals surface area contributed by atoms with E-state index < -0.39 is 11.4 Å². The molecule has 1 amide bonds. The lowest BCUT2D eigenvalue weighted by molar-refractivity contribution is -0.160. The second-order valence-electron chi connectivity index (χ2n) is 4.21. The Labute approximate surface area is 111 Å². The van der Waals surface area contributed by atoms with Crippen LogP contribution in [0.3, 0.4) is 0 Å². The van der Waals surface area contributed by atoms with E-state index in [-0.39, 0.29) is 5.91 Å². The van der Waals surface area contributed by atoms with Gasteiger partial charge in [0.15, 0.2) is 0 Å². The van der Waals surface area contributed by atoms with Crippen LogP contribution in [0.5, 0.6) is 0 Å². The molecule has 0 saturated heterocycles. The molecule has 0 aliphatic heterocycles. The fourth-order valence-corrected chi connectivity index (χ4v) is 3.34. The van der Waals surface area contributed by atoms with Crippen molar-refractivity contribution in [1.29, 1.82) is 0 Å². The highest BCUT2D eigenvalue weighted by Gasteiger charge is 2.52. The maximum Gasteiger partial charge on any atom is 0.319 e. The van der Waals surface area contributed by atoms with E-state index in [1.165, 1.54) is 16.2 Å². The van der Waals surface area contributed by atoms with E-state index in [0.717, 1.165) is 15.9 Å². The number of halogens is 1. The number of amides is 1. The van der Waals surface area contributed by atoms with Crippen LogP contribution in [-0.2, 0) is 9.59 Å². The van der Waals surface area contributed by atoms with E-state index in [2.05, 4.69) is 15.9 Å². The van der Waals surface area contributed by atoms with Crippen molar-refractivity contribution in [1.82, 2.24) is 0 Å². The third-order valence-electron chi connectivity index (χ3n) is 3.21. The van der Waals surface area contributed by atoms with Gasteiger partial charge in [-0.25, -0.2) is 0 Å². The smallest absolute Gasteiger partial charge is 0.319 e. The number of aliphatic carboxylic acids is 1. The first-order valence-electron chi connectivity index (χ1n) is 5.23. The van der Waals surface area contributed by atoms with Crippen molar-refractivity contribution in [3.8, 4) is 0 Å². The second kappa shape index (κ2) is 4.42. The molecule has 0 aromatic carbocycles. The Morgan fingerprint density at radius 3 is 2.53 bits per heavy atom. The molecule has 1 saturated carbocycles. The van der Waals surface area contributed by atoms with Gasteiger partial charge in [0.1, 0.15) is 5.41 Å². The number of anilines is 1. The highest BCUT2D eigenvalue weighted by molar-refractivity contribution is 9.10. The minimum Gasteiger partial charge on any atom is -0.480 e. The van der Waals surface area contributed by atoms with Crippen LogP contribution in [0.4, 0.5) is 5.00 Å². The van der Waals surface area contributed by atoms with Crippen molar-refractivity contribution >= 4 is 44.1 Å². The van der Waals surface area contributed by atoms with Gasteiger partial charge in [0.25, 0.3) is 0 Å². The highest BCUT2D eigenvalue weighted by Crippen LogP contribution is 2.44. The molecule has 0 unspecified atom stereocenters. The normalized spacial score (nSPS) is 17.3. The molecular formula is C11H12BrNO3S. The Balaban J connectivity index is 2.22. The summed E-state index contributed by atoms with van der Waals surface area (Å²) in [5.41, 5.74) is -1.19. The first-order chi connectivity index (χ1) is 7.97. The predicted molar refractivity (Wildman–Crippen MR) is 69.3 cm³/mol. The average Bonchev–Trinajstić information content (AvgIpc) is 2.61. The molecule has 1 aromatic heterocycles. The van der Waals surface area contributed by atoms with Crippen LogP contribution in [0, 0.1) is 5.41 Å². The molecule has 17 heavy (non-hydrogen) atoms. The lowest BCUT2D eigenvalue weighted by Gasteiger charge is -2.38. The van der Waals surface area contributed by atoms with Gasteiger partial charge in [-0.1, -0.05) is 6.42 Å². The topological polar surface area (TPSA) is 57.6 Å². The van der Waals surface area contributed by atoms with Crippen LogP contribution >= 0.6 is 27.3 Å². The van der Waals surface area contributed by atoms with Crippen LogP contribution in [0.1, 0.15) is 19.3 Å². The summed E-state index contributed by atoms with van der Waals surface area (Å²) in [5.74, 6) is -1.32. The van der Waals surface area contributed by atoms with Gasteiger partial charge < -0.3 is 10.0 Å². The Hall–Kier alpha value is -0.880. The molecular weight excluding hydrogens is 306 g/mol. The minimum atomic E-state index is -1.19. The minimum absolute atomic E-state index is 0.314. The number of hydrogen-bond acceptors (Lipinski definition) is 3. The summed E-state index contributed by atoms with van der Waals surface area (Å²) >= 11 is 4.73. The van der Waals surface area contributed by atoms with E-state index in [1.807, 2.05) is 11.4 Å². The lowest BCUT2D eigenvalue weighted by Crippen LogP contribution is -2.51. The first-order valence-corrected chi connectivity index (χ1v) is 6.90. The van der Waals surface area contributed by atoms with Gasteiger partial charge in [0.2, 0.25) is 5.91 Å². The summed E-state index contributed by atoms with van der Waals surface area (Å²) in [7, 11) is 1.63. The molecule has 1 aromatic rings. The molecule has 1 fully saturated rings. The van der Waals surface area contributed by atoms with Crippen LogP contribution in [0.15, 0.2) is 15.9 Å². The predicted octanol–water partition coefficient (Wildman–Crippen LogP) is 2.73. The van der Waals surface area contributed by atoms with Gasteiger partial charge in [0, 0.05) is 16.9 Å². The monoisotopic (exact) mass is 317 g/mol. The SMILES string of the molecule is CN(C(=O)C1(C(=O)O)CCC1)c1cc(Br)cs1. The summed E-state index contributed by atoms with van der Waals surface area (Å²) in [6.07, 6.45) is 1.69. The molecule has 0 radical (unpaired) electrons. The van der Waals surface area contributed by atoms with Gasteiger partial charge in [-0.2, -0.15) is 0 Å². The van der Waals surface area contributed by atoms with Crippen molar-refractivity contribution in [2.24, 2.45) is 5.41 Å². The summed E-state index contributed by atoms with van der Waals surface area (Å²) < 4.78 is 0.898. The summed E-state index contributed by atoms with van der Waals surface area (Å²) in [6.45, 7) is 0. The average molecular weight is 318 g/mol. The third-order valence-corrected chi connectivity index (χ3v) is 4.98. The zero-order valence-electron chi connectivity index (χ0n) is 9.27. The Morgan fingerprint density at radius 1 is 1.53 bits per heavy atom. The Bertz CT molecular complexity index is 467. The molecule has 1 aliphatic rings. The second-order valence-corrected chi connectivity index (χ2v) is 6.01. The van der Waals surface area contributed by atoms with Crippen molar-refractivity contribution in [2.45, 2.75) is 19.3 Å². The number of hydrogen-bond donors (Lipinski definition) is 1. The molecule has 0 bridgehead atoms. The molecule has 1 aliphatic carbocycles. The Kier molecular flexibility index (Phi) is 3.27. The van der Waals surface area contributed by atoms with Gasteiger partial charge in [-0.15, -0.1) is 11.3 Å². The van der Waals surface area contributed by atoms with Crippen molar-refractivity contribution < 1.29 is 14.7 Å². The van der Waals surface area contributed by atoms with Crippen LogP contribution in [0.2, 0.25) is 0 Å². The van der Waals surface area contributed by atoms with Crippen LogP contribution < -0.4 is 4.90 Å². The largest absolute Gasteiger partial charge is 0.480 e. The van der Waals surface area contributed by atoms with Gasteiger partial charge >= 0.3 is 5.97 Å². The fourth-order valence-electron chi connectivity index (χ4n) is 1.95. The molecule has 0 spiro atoms. The Morgan fingerprint density at radius 2 is 2.18 bits per heavy atom. The molecule has 4 nitrogen and oxygen atoms in total. The van der Waals surface area contributed by atoms with E-state index in [0.29, 0.717) is 12.8 Å². The van der Waals surface area contributed by atoms with E-state index in [9.17, 15) is 14.7 Å². The van der Waals surface area contributed by atoms with E-state index in [1.54, 1.807) is 7.05 Å². The molecule has 92 valence electrons. The number of nitrogens with zero attached hydrogens (tertiary/aromatic N) is 1. The lowest BCUT2D eigenvalue weighted by atomic mass is 9.68. The number of thiophene rings is 1. The molecule has 1 N–H and O–H groups in total. The molecule has 0 atom stereocenters. The number of rotatable bonds is 3. The maximum atomic E-state index is 12.2. The van der Waals surface area contributed by atoms with Gasteiger partial charge in [0.05, 0.1) is 5.00 Å². The van der Waals surface area contributed by atoms with Crippen LogP contribution in [0.25, 0.3) is 0 Å². The number of carboxylic acid groups (broad SMARTS) is 1. The number of carboxylic acids is 1. The quantitative estimate of drug-likeness (QED) is 0.872. The maximum absolute atomic E-state index is 12.2. The number of carbonyl (C=O) groups is 2. The van der Waals surface area contributed by atoms with E-state index >= 15 is 0 Å². The standard InChI is InChI=1S/C11H12BrNO3S/c1-13(8-5-7(12)6-17-8)9(14)11(10(15)16)3-2-4-11/h5-6H,2-4H2,1H3,(H,15,16). The van der Waals surface area contributed by atoms with Gasteiger partial charge in [-0.05, 0) is 34.8 Å². The first kappa shape index (κ1) is 12.6. The van der Waals surface area contributed by atoms with Crippen molar-refractivity contribution in [3.05, 3.63) is 15.9 Å². The third kappa shape index (κ3) is 1.99. The zero-order chi connectivity index (χ0) is 12.6. The van der Waals surface area contributed by atoms with Crippen LogP contribution in [-0.4, -0.2) is 24.0 Å². The molecule has 2 rings (SSSR count). The summed E-state index contributed by atoms with van der Waals surface area (Å²) in [4.78, 5) is 24.9. The summed E-state index contributed by atoms with van der Waals surface area (Å²) in [5, 5.41) is 11.8. The molecule has 1 heterocycles.